The van der Waals surface area contributed by atoms with Crippen molar-refractivity contribution in [3.05, 3.63) is 39.9 Å². The smallest absolute Gasteiger partial charge is 0.316 e. The molecule has 0 spiro atoms. The molecule has 0 heterocycles. The number of hydrogen-bond donors (Lipinski definition) is 2. The van der Waals surface area contributed by atoms with Crippen molar-refractivity contribution < 1.29 is 19.6 Å². The molecule has 1 aromatic carbocycles. The number of carbonyl (C=O) groups excluding carboxylic acids is 1. The van der Waals surface area contributed by atoms with E-state index in [1.165, 1.54) is 18.2 Å². The Morgan fingerprint density at radius 3 is 2.48 bits per heavy atom. The van der Waals surface area contributed by atoms with Gasteiger partial charge in [0.05, 0.1) is 4.92 Å². The third kappa shape index (κ3) is 4.55. The van der Waals surface area contributed by atoms with Gasteiger partial charge in [-0.05, 0) is 11.0 Å². The molecule has 1 unspecified atom stereocenters. The molecule has 0 radical (unpaired) electrons. The van der Waals surface area contributed by atoms with Gasteiger partial charge < -0.3 is 10.4 Å². The first kappa shape index (κ1) is 16.6. The molecule has 0 aromatic heterocycles. The van der Waals surface area contributed by atoms with Gasteiger partial charge in [0.15, 0.2) is 0 Å². The minimum atomic E-state index is -1.20. The van der Waals surface area contributed by atoms with E-state index in [4.69, 9.17) is 5.11 Å². The van der Waals surface area contributed by atoms with Gasteiger partial charge in [0, 0.05) is 18.7 Å². The van der Waals surface area contributed by atoms with Crippen LogP contribution in [-0.2, 0) is 16.1 Å². The summed E-state index contributed by atoms with van der Waals surface area (Å²) < 4.78 is 0. The number of nitro groups is 1. The molecular formula is C14H18N2O5. The normalized spacial score (nSPS) is 12.5. The number of nitrogens with zero attached hydrogens (tertiary/aromatic N) is 1. The molecule has 1 aromatic rings. The van der Waals surface area contributed by atoms with Crippen molar-refractivity contribution in [1.29, 1.82) is 0 Å². The summed E-state index contributed by atoms with van der Waals surface area (Å²) in [5.41, 5.74) is -0.263. The maximum Gasteiger partial charge on any atom is 0.316 e. The minimum absolute atomic E-state index is 0.0420. The first-order valence-corrected chi connectivity index (χ1v) is 6.37. The number of nitrogens with one attached hydrogen (secondary N) is 1. The van der Waals surface area contributed by atoms with Crippen molar-refractivity contribution in [1.82, 2.24) is 5.32 Å². The lowest BCUT2D eigenvalue weighted by atomic mass is 9.80. The summed E-state index contributed by atoms with van der Waals surface area (Å²) >= 11 is 0. The standard InChI is InChI=1S/C14H18N2O5/c1-14(2,3)11(13(18)19)12(17)15-8-9-5-4-6-10(7-9)16(20)21/h4-7,11H,8H2,1-3H3,(H,15,17)(H,18,19). The van der Waals surface area contributed by atoms with E-state index >= 15 is 0 Å². The van der Waals surface area contributed by atoms with Crippen LogP contribution in [0.25, 0.3) is 0 Å². The largest absolute Gasteiger partial charge is 0.481 e. The lowest BCUT2D eigenvalue weighted by molar-refractivity contribution is -0.384. The quantitative estimate of drug-likeness (QED) is 0.490. The van der Waals surface area contributed by atoms with Gasteiger partial charge in [0.25, 0.3) is 5.69 Å². The highest BCUT2D eigenvalue weighted by atomic mass is 16.6. The zero-order chi connectivity index (χ0) is 16.2. The summed E-state index contributed by atoms with van der Waals surface area (Å²) in [7, 11) is 0. The molecule has 7 nitrogen and oxygen atoms in total. The third-order valence-corrected chi connectivity index (χ3v) is 2.96. The molecule has 7 heteroatoms. The van der Waals surface area contributed by atoms with Crippen LogP contribution < -0.4 is 5.32 Å². The Morgan fingerprint density at radius 2 is 2.00 bits per heavy atom. The number of aliphatic carboxylic acids is 1. The highest BCUT2D eigenvalue weighted by Crippen LogP contribution is 2.26. The van der Waals surface area contributed by atoms with Crippen LogP contribution in [0.1, 0.15) is 26.3 Å². The summed E-state index contributed by atoms with van der Waals surface area (Å²) in [5.74, 6) is -2.99. The number of amides is 1. The fourth-order valence-electron chi connectivity index (χ4n) is 1.95. The lowest BCUT2D eigenvalue weighted by Gasteiger charge is -2.25. The molecule has 21 heavy (non-hydrogen) atoms. The van der Waals surface area contributed by atoms with Crippen molar-refractivity contribution in [2.75, 3.05) is 0 Å². The zero-order valence-electron chi connectivity index (χ0n) is 12.1. The topological polar surface area (TPSA) is 110 Å². The SMILES string of the molecule is CC(C)(C)C(C(=O)O)C(=O)NCc1cccc([N+](=O)[O-])c1. The number of non-ortho nitro benzene ring substituents is 1. The van der Waals surface area contributed by atoms with Gasteiger partial charge in [0.1, 0.15) is 5.92 Å². The maximum atomic E-state index is 12.0. The molecule has 0 saturated heterocycles. The Labute approximate surface area is 122 Å². The molecule has 0 fully saturated rings. The second-order valence-corrected chi connectivity index (χ2v) is 5.78. The number of nitro benzene ring substituents is 1. The molecule has 0 aliphatic heterocycles. The number of benzene rings is 1. The Hall–Kier alpha value is -2.44. The number of rotatable bonds is 5. The van der Waals surface area contributed by atoms with Gasteiger partial charge >= 0.3 is 5.97 Å². The van der Waals surface area contributed by atoms with Crippen LogP contribution >= 0.6 is 0 Å². The summed E-state index contributed by atoms with van der Waals surface area (Å²) in [6, 6.07) is 5.83. The molecule has 1 rings (SSSR count). The van der Waals surface area contributed by atoms with Crippen LogP contribution in [0.5, 0.6) is 0 Å². The second kappa shape index (κ2) is 6.34. The summed E-state index contributed by atoms with van der Waals surface area (Å²) in [4.78, 5) is 33.3. The lowest BCUT2D eigenvalue weighted by Crippen LogP contribution is -2.42. The highest BCUT2D eigenvalue weighted by Gasteiger charge is 2.37. The van der Waals surface area contributed by atoms with Crippen molar-refractivity contribution in [2.24, 2.45) is 11.3 Å². The molecule has 0 aliphatic rings. The Balaban J connectivity index is 2.78. The van der Waals surface area contributed by atoms with Crippen LogP contribution in [0.3, 0.4) is 0 Å². The van der Waals surface area contributed by atoms with Gasteiger partial charge in [-0.2, -0.15) is 0 Å². The predicted octanol–water partition coefficient (Wildman–Crippen LogP) is 1.96. The Bertz CT molecular complexity index is 563. The van der Waals surface area contributed by atoms with Crippen LogP contribution in [0.15, 0.2) is 24.3 Å². The van der Waals surface area contributed by atoms with E-state index in [9.17, 15) is 19.7 Å². The summed E-state index contributed by atoms with van der Waals surface area (Å²) in [6.07, 6.45) is 0. The van der Waals surface area contributed by atoms with Gasteiger partial charge in [-0.3, -0.25) is 19.7 Å². The molecular weight excluding hydrogens is 276 g/mol. The first-order valence-electron chi connectivity index (χ1n) is 6.37. The number of hydrogen-bond acceptors (Lipinski definition) is 4. The third-order valence-electron chi connectivity index (χ3n) is 2.96. The van der Waals surface area contributed by atoms with E-state index in [2.05, 4.69) is 5.32 Å². The molecule has 0 aliphatic carbocycles. The van der Waals surface area contributed by atoms with Gasteiger partial charge in [-0.25, -0.2) is 0 Å². The van der Waals surface area contributed by atoms with Crippen molar-refractivity contribution in [3.8, 4) is 0 Å². The van der Waals surface area contributed by atoms with Crippen molar-refractivity contribution >= 4 is 17.6 Å². The van der Waals surface area contributed by atoms with Crippen LogP contribution in [0, 0.1) is 21.4 Å². The predicted molar refractivity (Wildman–Crippen MR) is 75.5 cm³/mol. The fraction of sp³-hybridized carbons (Fsp3) is 0.429. The zero-order valence-corrected chi connectivity index (χ0v) is 12.1. The van der Waals surface area contributed by atoms with Crippen molar-refractivity contribution in [2.45, 2.75) is 27.3 Å². The average Bonchev–Trinajstić information content (AvgIpc) is 2.34. The summed E-state index contributed by atoms with van der Waals surface area (Å²) in [6.45, 7) is 5.04. The molecule has 1 amide bonds. The second-order valence-electron chi connectivity index (χ2n) is 5.78. The van der Waals surface area contributed by atoms with Gasteiger partial charge in [-0.15, -0.1) is 0 Å². The number of carbonyl (C=O) groups is 2. The van der Waals surface area contributed by atoms with Crippen LogP contribution in [-0.4, -0.2) is 21.9 Å². The number of carboxylic acids is 1. The molecule has 2 N–H and O–H groups in total. The maximum absolute atomic E-state index is 12.0. The average molecular weight is 294 g/mol. The monoisotopic (exact) mass is 294 g/mol. The molecule has 1 atom stereocenters. The Kier molecular flexibility index (Phi) is 5.02. The Morgan fingerprint density at radius 1 is 1.38 bits per heavy atom. The number of carboxylic acid groups (broad SMARTS) is 1. The fourth-order valence-corrected chi connectivity index (χ4v) is 1.95. The van der Waals surface area contributed by atoms with E-state index in [1.54, 1.807) is 26.8 Å². The van der Waals surface area contributed by atoms with Gasteiger partial charge in [-0.1, -0.05) is 32.9 Å². The molecule has 114 valence electrons. The molecule has 0 saturated carbocycles. The van der Waals surface area contributed by atoms with Gasteiger partial charge in [0.2, 0.25) is 5.91 Å². The summed E-state index contributed by atoms with van der Waals surface area (Å²) in [5, 5.41) is 22.3. The van der Waals surface area contributed by atoms with Crippen LogP contribution in [0.4, 0.5) is 5.69 Å². The van der Waals surface area contributed by atoms with Crippen molar-refractivity contribution in [3.63, 3.8) is 0 Å². The van der Waals surface area contributed by atoms with E-state index < -0.39 is 28.1 Å². The van der Waals surface area contributed by atoms with E-state index in [1.807, 2.05) is 0 Å². The van der Waals surface area contributed by atoms with E-state index in [-0.39, 0.29) is 12.2 Å². The highest BCUT2D eigenvalue weighted by molar-refractivity contribution is 5.97. The van der Waals surface area contributed by atoms with E-state index in [0.29, 0.717) is 5.56 Å². The minimum Gasteiger partial charge on any atom is -0.481 e. The molecule has 0 bridgehead atoms. The van der Waals surface area contributed by atoms with Crippen LogP contribution in [0.2, 0.25) is 0 Å². The first-order chi connectivity index (χ1) is 9.62. The van der Waals surface area contributed by atoms with E-state index in [0.717, 1.165) is 0 Å².